The van der Waals surface area contributed by atoms with Crippen molar-refractivity contribution in [2.24, 2.45) is 0 Å². The fraction of sp³-hybridized carbons (Fsp3) is 0.0345. The van der Waals surface area contributed by atoms with E-state index in [-0.39, 0.29) is 22.3 Å². The monoisotopic (exact) mass is 534 g/mol. The highest BCUT2D eigenvalue weighted by Gasteiger charge is 2.54. The Kier molecular flexibility index (Phi) is 3.45. The first-order valence-electron chi connectivity index (χ1n) is 11.2. The molecule has 0 aromatic heterocycles. The fourth-order valence-corrected chi connectivity index (χ4v) is 6.67. The third-order valence-electron chi connectivity index (χ3n) is 7.67. The molecule has 6 nitrogen and oxygen atoms in total. The topological polar surface area (TPSA) is 86.7 Å². The van der Waals surface area contributed by atoms with Gasteiger partial charge in [0.25, 0.3) is 0 Å². The normalized spacial score (nSPS) is 16.8. The Morgan fingerprint density at radius 2 is 0.944 bits per heavy atom. The van der Waals surface area contributed by atoms with Crippen LogP contribution in [-0.2, 0) is 14.9 Å². The van der Waals surface area contributed by atoms with Crippen LogP contribution >= 0.6 is 15.9 Å². The lowest BCUT2D eigenvalue weighted by Gasteiger charge is -2.30. The van der Waals surface area contributed by atoms with Gasteiger partial charge in [-0.15, -0.1) is 0 Å². The number of halogens is 1. The summed E-state index contributed by atoms with van der Waals surface area (Å²) in [6, 6.07) is 20.9. The molecule has 7 heteroatoms. The second-order valence-corrected chi connectivity index (χ2v) is 10.1. The van der Waals surface area contributed by atoms with Gasteiger partial charge in [0.15, 0.2) is 0 Å². The van der Waals surface area contributed by atoms with Gasteiger partial charge in [-0.25, -0.2) is 19.2 Å². The van der Waals surface area contributed by atoms with Gasteiger partial charge in [0, 0.05) is 4.47 Å². The summed E-state index contributed by atoms with van der Waals surface area (Å²) >= 11 is 3.62. The van der Waals surface area contributed by atoms with E-state index < -0.39 is 29.3 Å². The average Bonchev–Trinajstić information content (AvgIpc) is 3.52. The van der Waals surface area contributed by atoms with E-state index >= 15 is 0 Å². The van der Waals surface area contributed by atoms with Gasteiger partial charge >= 0.3 is 23.9 Å². The highest BCUT2D eigenvalue weighted by molar-refractivity contribution is 9.10. The quantitative estimate of drug-likeness (QED) is 0.191. The minimum absolute atomic E-state index is 0.182. The smallest absolute Gasteiger partial charge is 0.346 e. The highest BCUT2D eigenvalue weighted by atomic mass is 79.9. The lowest BCUT2D eigenvalue weighted by molar-refractivity contribution is 0.0425. The van der Waals surface area contributed by atoms with Crippen LogP contribution in [0.5, 0.6) is 0 Å². The van der Waals surface area contributed by atoms with Crippen molar-refractivity contribution < 1.29 is 28.7 Å². The number of carbonyl (C=O) groups is 4. The zero-order valence-corrected chi connectivity index (χ0v) is 19.8. The second kappa shape index (κ2) is 6.25. The van der Waals surface area contributed by atoms with Crippen molar-refractivity contribution >= 4 is 39.8 Å². The molecule has 8 rings (SSSR count). The van der Waals surface area contributed by atoms with Gasteiger partial charge in [-0.1, -0.05) is 46.3 Å². The molecular weight excluding hydrogens is 524 g/mol. The van der Waals surface area contributed by atoms with Crippen LogP contribution in [0.4, 0.5) is 0 Å². The summed E-state index contributed by atoms with van der Waals surface area (Å²) in [7, 11) is 0. The van der Waals surface area contributed by atoms with E-state index in [4.69, 9.17) is 9.47 Å². The van der Waals surface area contributed by atoms with Crippen LogP contribution in [-0.4, -0.2) is 23.9 Å². The Labute approximate surface area is 211 Å². The lowest BCUT2D eigenvalue weighted by atomic mass is 9.70. The first-order valence-corrected chi connectivity index (χ1v) is 12.0. The van der Waals surface area contributed by atoms with Gasteiger partial charge in [-0.05, 0) is 80.9 Å². The molecule has 170 valence electrons. The van der Waals surface area contributed by atoms with Crippen molar-refractivity contribution in [1.82, 2.24) is 0 Å². The van der Waals surface area contributed by atoms with E-state index in [1.54, 1.807) is 24.3 Å². The second-order valence-electron chi connectivity index (χ2n) is 9.23. The van der Waals surface area contributed by atoms with Crippen molar-refractivity contribution in [3.8, 4) is 22.3 Å². The number of rotatable bonds is 0. The maximum atomic E-state index is 12.6. The molecular formula is C29H11BrO6. The number of hydrogen-bond acceptors (Lipinski definition) is 6. The summed E-state index contributed by atoms with van der Waals surface area (Å²) in [4.78, 5) is 50.1. The largest absolute Gasteiger partial charge is 0.386 e. The maximum Gasteiger partial charge on any atom is 0.346 e. The van der Waals surface area contributed by atoms with Gasteiger partial charge in [0.2, 0.25) is 0 Å². The van der Waals surface area contributed by atoms with E-state index in [0.29, 0.717) is 11.1 Å². The predicted octanol–water partition coefficient (Wildman–Crippen LogP) is 5.41. The highest BCUT2D eigenvalue weighted by Crippen LogP contribution is 2.64. The predicted molar refractivity (Wildman–Crippen MR) is 130 cm³/mol. The molecule has 4 aromatic rings. The number of ether oxygens (including phenoxy) is 2. The first kappa shape index (κ1) is 19.9. The minimum Gasteiger partial charge on any atom is -0.386 e. The Balaban J connectivity index is 1.60. The van der Waals surface area contributed by atoms with Crippen LogP contribution in [0.15, 0.2) is 71.2 Å². The van der Waals surface area contributed by atoms with E-state index in [9.17, 15) is 19.2 Å². The minimum atomic E-state index is -0.887. The van der Waals surface area contributed by atoms with E-state index in [1.807, 2.05) is 42.5 Å². The molecule has 0 unspecified atom stereocenters. The summed E-state index contributed by atoms with van der Waals surface area (Å²) in [5.74, 6) is -2.78. The Bertz CT molecular complexity index is 1750. The van der Waals surface area contributed by atoms with Gasteiger partial charge in [0.05, 0.1) is 27.7 Å². The van der Waals surface area contributed by atoms with E-state index in [2.05, 4.69) is 15.9 Å². The summed E-state index contributed by atoms with van der Waals surface area (Å²) in [5.41, 5.74) is 6.86. The lowest BCUT2D eigenvalue weighted by Crippen LogP contribution is -2.26. The molecule has 0 saturated carbocycles. The molecule has 0 amide bonds. The van der Waals surface area contributed by atoms with E-state index in [0.717, 1.165) is 37.9 Å². The first-order chi connectivity index (χ1) is 17.4. The summed E-state index contributed by atoms with van der Waals surface area (Å²) in [6.45, 7) is 0. The number of benzene rings is 4. The van der Waals surface area contributed by atoms with Gasteiger partial charge in [-0.3, -0.25) is 0 Å². The molecule has 4 aliphatic rings. The van der Waals surface area contributed by atoms with Crippen LogP contribution < -0.4 is 0 Å². The molecule has 0 radical (unpaired) electrons. The van der Waals surface area contributed by atoms with Crippen molar-refractivity contribution in [1.29, 1.82) is 0 Å². The van der Waals surface area contributed by atoms with Crippen LogP contribution in [0.25, 0.3) is 22.3 Å². The molecule has 2 aliphatic heterocycles. The van der Waals surface area contributed by atoms with E-state index in [1.165, 1.54) is 0 Å². The van der Waals surface area contributed by atoms with Crippen LogP contribution in [0.3, 0.4) is 0 Å². The molecule has 1 spiro atoms. The van der Waals surface area contributed by atoms with Crippen LogP contribution in [0.1, 0.15) is 63.7 Å². The number of hydrogen-bond donors (Lipinski definition) is 0. The fourth-order valence-electron chi connectivity index (χ4n) is 6.31. The third kappa shape index (κ3) is 2.10. The van der Waals surface area contributed by atoms with Gasteiger partial charge in [0.1, 0.15) is 0 Å². The third-order valence-corrected chi connectivity index (χ3v) is 8.16. The molecule has 0 fully saturated rings. The maximum absolute atomic E-state index is 12.6. The summed E-state index contributed by atoms with van der Waals surface area (Å²) in [6.07, 6.45) is 0. The molecule has 4 aromatic carbocycles. The Hall–Kier alpha value is -4.36. The standard InChI is InChI=1S/C29H11BrO6/c30-12-5-6-14-13-3-1-2-4-21(13)29(22(14)7-12)23-10-19-17(25(31)35-27(19)33)8-15(23)16-9-18-20(11-24(16)29)28(34)36-26(18)32/h1-11H. The van der Waals surface area contributed by atoms with Gasteiger partial charge < -0.3 is 9.47 Å². The van der Waals surface area contributed by atoms with Gasteiger partial charge in [-0.2, -0.15) is 0 Å². The molecule has 2 heterocycles. The van der Waals surface area contributed by atoms with Crippen LogP contribution in [0.2, 0.25) is 0 Å². The summed E-state index contributed by atoms with van der Waals surface area (Å²) < 4.78 is 10.7. The molecule has 0 N–H and O–H groups in total. The zero-order valence-electron chi connectivity index (χ0n) is 18.2. The van der Waals surface area contributed by atoms with Crippen molar-refractivity contribution in [2.45, 2.75) is 5.41 Å². The van der Waals surface area contributed by atoms with Crippen molar-refractivity contribution in [3.05, 3.63) is 116 Å². The molecule has 2 aliphatic carbocycles. The molecule has 36 heavy (non-hydrogen) atoms. The average molecular weight is 535 g/mol. The number of carbonyl (C=O) groups excluding carboxylic acids is 4. The molecule has 0 saturated heterocycles. The molecule has 0 bridgehead atoms. The molecule has 0 atom stereocenters. The number of esters is 4. The Morgan fingerprint density at radius 1 is 0.472 bits per heavy atom. The Morgan fingerprint density at radius 3 is 1.53 bits per heavy atom. The summed E-state index contributed by atoms with van der Waals surface area (Å²) in [5, 5.41) is 0. The zero-order chi connectivity index (χ0) is 24.5. The van der Waals surface area contributed by atoms with Crippen molar-refractivity contribution in [2.75, 3.05) is 0 Å². The SMILES string of the molecule is O=C1OC(=O)c2cc3c(cc21)-c1cc2c(cc1C31c3ccccc3-c3ccc(Br)cc31)C(=O)OC2=O. The number of cyclic esters (lactones) is 4. The van der Waals surface area contributed by atoms with Crippen LogP contribution in [0, 0.1) is 0 Å². The number of fused-ring (bicyclic) bond motifs is 12. The van der Waals surface area contributed by atoms with Crippen molar-refractivity contribution in [3.63, 3.8) is 0 Å².